The highest BCUT2D eigenvalue weighted by Crippen LogP contribution is 2.08. The minimum Gasteiger partial charge on any atom is -0.292 e. The van der Waals surface area contributed by atoms with Crippen LogP contribution in [0.4, 0.5) is 0 Å². The van der Waals surface area contributed by atoms with E-state index in [9.17, 15) is 9.59 Å². The molecule has 0 saturated heterocycles. The van der Waals surface area contributed by atoms with E-state index in [1.165, 1.54) is 23.4 Å². The van der Waals surface area contributed by atoms with Gasteiger partial charge in [-0.2, -0.15) is 10.1 Å². The fraction of sp³-hybridized carbons (Fsp3) is 0.333. The molecule has 1 aromatic heterocycles. The predicted molar refractivity (Wildman–Crippen MR) is 58.3 cm³/mol. The first kappa shape index (κ1) is 11.6. The molecule has 0 bridgehead atoms. The average molecular weight is 225 g/mol. The molecule has 0 fully saturated rings. The Bertz CT molecular complexity index is 453. The Morgan fingerprint density at radius 2 is 2.33 bits per heavy atom. The van der Waals surface area contributed by atoms with Crippen LogP contribution in [-0.2, 0) is 6.54 Å². The summed E-state index contributed by atoms with van der Waals surface area (Å²) in [7, 11) is 0. The zero-order valence-electron chi connectivity index (χ0n) is 8.56. The molecule has 0 unspecified atom stereocenters. The van der Waals surface area contributed by atoms with Gasteiger partial charge < -0.3 is 0 Å². The van der Waals surface area contributed by atoms with Crippen molar-refractivity contribution in [3.63, 3.8) is 0 Å². The summed E-state index contributed by atoms with van der Waals surface area (Å²) in [6, 6.07) is 0. The van der Waals surface area contributed by atoms with Crippen molar-refractivity contribution in [3.05, 3.63) is 28.7 Å². The van der Waals surface area contributed by atoms with Crippen LogP contribution >= 0.6 is 11.8 Å². The molecule has 0 spiro atoms. The number of thioether (sulfide) groups is 1. The zero-order chi connectivity index (χ0) is 11.4. The maximum Gasteiger partial charge on any atom is 0.303 e. The second-order valence-corrected chi connectivity index (χ2v) is 3.55. The fourth-order valence-corrected chi connectivity index (χ4v) is 1.52. The number of rotatable bonds is 4. The molecular weight excluding hydrogens is 214 g/mol. The first-order chi connectivity index (χ1) is 7.10. The Hall–Kier alpha value is -1.43. The second-order valence-electron chi connectivity index (χ2n) is 2.78. The molecule has 15 heavy (non-hydrogen) atoms. The molecule has 5 nitrogen and oxygen atoms in total. The van der Waals surface area contributed by atoms with Crippen molar-refractivity contribution in [1.29, 1.82) is 0 Å². The standard InChI is InChI=1S/C9H11N3O2S/c1-4-5-12-9(15-3)10-8(14)7(11-12)6(2)13/h4H,1,5H2,2-3H3. The van der Waals surface area contributed by atoms with Crippen LogP contribution in [0.2, 0.25) is 0 Å². The third-order valence-electron chi connectivity index (χ3n) is 1.66. The van der Waals surface area contributed by atoms with Crippen LogP contribution in [0.25, 0.3) is 0 Å². The number of hydrogen-bond donors (Lipinski definition) is 0. The van der Waals surface area contributed by atoms with Crippen molar-refractivity contribution in [2.75, 3.05) is 6.26 Å². The van der Waals surface area contributed by atoms with Crippen LogP contribution in [0.1, 0.15) is 17.4 Å². The van der Waals surface area contributed by atoms with Gasteiger partial charge in [0.25, 0.3) is 0 Å². The van der Waals surface area contributed by atoms with Crippen molar-refractivity contribution in [1.82, 2.24) is 14.8 Å². The normalized spacial score (nSPS) is 10.0. The number of carbonyl (C=O) groups excluding carboxylic acids is 1. The molecule has 0 radical (unpaired) electrons. The first-order valence-corrected chi connectivity index (χ1v) is 5.47. The van der Waals surface area contributed by atoms with E-state index in [0.29, 0.717) is 11.7 Å². The SMILES string of the molecule is C=CCn1nc(C(C)=O)c(=O)nc1SC. The summed E-state index contributed by atoms with van der Waals surface area (Å²) in [5.74, 6) is -0.377. The number of hydrogen-bond acceptors (Lipinski definition) is 5. The van der Waals surface area contributed by atoms with Crippen molar-refractivity contribution in [2.24, 2.45) is 0 Å². The molecule has 0 amide bonds. The molecule has 1 aromatic rings. The summed E-state index contributed by atoms with van der Waals surface area (Å²) in [5.41, 5.74) is -0.707. The third kappa shape index (κ3) is 2.53. The Morgan fingerprint density at radius 3 is 2.80 bits per heavy atom. The summed E-state index contributed by atoms with van der Waals surface area (Å²) >= 11 is 1.30. The highest BCUT2D eigenvalue weighted by molar-refractivity contribution is 7.98. The van der Waals surface area contributed by atoms with Crippen LogP contribution < -0.4 is 5.56 Å². The molecule has 1 rings (SSSR count). The molecule has 0 atom stereocenters. The van der Waals surface area contributed by atoms with Gasteiger partial charge in [-0.05, 0) is 6.26 Å². The van der Waals surface area contributed by atoms with Gasteiger partial charge in [-0.25, -0.2) is 4.68 Å². The lowest BCUT2D eigenvalue weighted by Gasteiger charge is -2.07. The summed E-state index contributed by atoms with van der Waals surface area (Å²) in [4.78, 5) is 26.2. The van der Waals surface area contributed by atoms with Crippen molar-refractivity contribution >= 4 is 17.5 Å². The van der Waals surface area contributed by atoms with Gasteiger partial charge in [-0.3, -0.25) is 9.59 Å². The number of allylic oxidation sites excluding steroid dienone is 1. The maximum absolute atomic E-state index is 11.3. The van der Waals surface area contributed by atoms with E-state index in [4.69, 9.17) is 0 Å². The van der Waals surface area contributed by atoms with Crippen molar-refractivity contribution in [3.8, 4) is 0 Å². The molecule has 0 saturated carbocycles. The van der Waals surface area contributed by atoms with Gasteiger partial charge in [0.2, 0.25) is 0 Å². The zero-order valence-corrected chi connectivity index (χ0v) is 9.37. The van der Waals surface area contributed by atoms with Crippen LogP contribution in [0.3, 0.4) is 0 Å². The van der Waals surface area contributed by atoms with Crippen LogP contribution in [-0.4, -0.2) is 26.8 Å². The number of carbonyl (C=O) groups is 1. The Kier molecular flexibility index (Phi) is 3.79. The molecular formula is C9H11N3O2S. The first-order valence-electron chi connectivity index (χ1n) is 4.25. The van der Waals surface area contributed by atoms with E-state index in [2.05, 4.69) is 16.7 Å². The lowest BCUT2D eigenvalue weighted by molar-refractivity contribution is 0.100. The molecule has 80 valence electrons. The maximum atomic E-state index is 11.3. The highest BCUT2D eigenvalue weighted by atomic mass is 32.2. The Labute approximate surface area is 91.2 Å². The van der Waals surface area contributed by atoms with Gasteiger partial charge >= 0.3 is 5.56 Å². The molecule has 1 heterocycles. The van der Waals surface area contributed by atoms with E-state index in [0.717, 1.165) is 0 Å². The summed E-state index contributed by atoms with van der Waals surface area (Å²) < 4.78 is 1.48. The van der Waals surface area contributed by atoms with Crippen LogP contribution in [0.15, 0.2) is 22.6 Å². The van der Waals surface area contributed by atoms with Gasteiger partial charge in [0.15, 0.2) is 16.6 Å². The number of ketones is 1. The van der Waals surface area contributed by atoms with E-state index < -0.39 is 5.56 Å². The number of Topliss-reactive ketones (excluding diaryl/α,β-unsaturated/α-hetero) is 1. The molecule has 6 heteroatoms. The van der Waals surface area contributed by atoms with Crippen LogP contribution in [0.5, 0.6) is 0 Å². The molecule has 0 aromatic carbocycles. The lowest BCUT2D eigenvalue weighted by atomic mass is 10.3. The van der Waals surface area contributed by atoms with Gasteiger partial charge in [-0.15, -0.1) is 6.58 Å². The average Bonchev–Trinajstić information content (AvgIpc) is 2.20. The monoisotopic (exact) mass is 225 g/mol. The van der Waals surface area contributed by atoms with Gasteiger partial charge in [0, 0.05) is 6.92 Å². The molecule has 0 N–H and O–H groups in total. The van der Waals surface area contributed by atoms with E-state index in [-0.39, 0.29) is 11.5 Å². The Morgan fingerprint density at radius 1 is 1.67 bits per heavy atom. The molecule has 0 aliphatic rings. The smallest absolute Gasteiger partial charge is 0.292 e. The number of aromatic nitrogens is 3. The lowest BCUT2D eigenvalue weighted by Crippen LogP contribution is -2.25. The highest BCUT2D eigenvalue weighted by Gasteiger charge is 2.12. The van der Waals surface area contributed by atoms with Crippen molar-refractivity contribution in [2.45, 2.75) is 18.6 Å². The van der Waals surface area contributed by atoms with Crippen molar-refractivity contribution < 1.29 is 4.79 Å². The Balaban J connectivity index is 3.36. The minimum absolute atomic E-state index is 0.130. The van der Waals surface area contributed by atoms with Crippen LogP contribution in [0, 0.1) is 0 Å². The fourth-order valence-electron chi connectivity index (χ4n) is 1.02. The molecule has 0 aliphatic carbocycles. The van der Waals surface area contributed by atoms with Gasteiger partial charge in [-0.1, -0.05) is 17.8 Å². The summed E-state index contributed by atoms with van der Waals surface area (Å²) in [6.45, 7) is 5.28. The summed E-state index contributed by atoms with van der Waals surface area (Å²) in [6.07, 6.45) is 3.42. The van der Waals surface area contributed by atoms with Gasteiger partial charge in [0.05, 0.1) is 6.54 Å². The predicted octanol–water partition coefficient (Wildman–Crippen LogP) is 0.749. The quantitative estimate of drug-likeness (QED) is 0.430. The number of nitrogens with zero attached hydrogens (tertiary/aromatic N) is 3. The van der Waals surface area contributed by atoms with E-state index in [1.807, 2.05) is 0 Å². The minimum atomic E-state index is -0.577. The largest absolute Gasteiger partial charge is 0.303 e. The van der Waals surface area contributed by atoms with Gasteiger partial charge in [0.1, 0.15) is 0 Å². The van der Waals surface area contributed by atoms with E-state index in [1.54, 1.807) is 12.3 Å². The topological polar surface area (TPSA) is 64.8 Å². The summed E-state index contributed by atoms with van der Waals surface area (Å²) in [5, 5.41) is 4.41. The third-order valence-corrected chi connectivity index (χ3v) is 2.33. The molecule has 0 aliphatic heterocycles. The van der Waals surface area contributed by atoms with E-state index >= 15 is 0 Å². The second kappa shape index (κ2) is 4.88.